The van der Waals surface area contributed by atoms with Crippen molar-refractivity contribution < 1.29 is 28.3 Å². The lowest BCUT2D eigenvalue weighted by atomic mass is 10.1. The molecule has 1 atom stereocenters. The van der Waals surface area contributed by atoms with Gasteiger partial charge in [0.2, 0.25) is 6.10 Å². The zero-order valence-electron chi connectivity index (χ0n) is 12.2. The van der Waals surface area contributed by atoms with Crippen molar-refractivity contribution in [2.45, 2.75) is 12.5 Å². The standard InChI is InChI=1S/C17H10FNO5/c18-10-5-6-13-9(7-10)8-14(23-13)17(22)24-19-15(20)11-3-1-2-4-12(11)16(19)21/h1-7,14H,8H2. The van der Waals surface area contributed by atoms with E-state index in [1.165, 1.54) is 30.3 Å². The van der Waals surface area contributed by atoms with E-state index in [2.05, 4.69) is 0 Å². The first-order chi connectivity index (χ1) is 11.5. The SMILES string of the molecule is O=C(ON1C(=O)c2ccccc2C1=O)C1Cc2cc(F)ccc2O1. The number of ether oxygens (including phenoxy) is 1. The minimum atomic E-state index is -1.04. The van der Waals surface area contributed by atoms with Crippen molar-refractivity contribution in [1.29, 1.82) is 0 Å². The van der Waals surface area contributed by atoms with Crippen LogP contribution >= 0.6 is 0 Å². The van der Waals surface area contributed by atoms with Gasteiger partial charge in [-0.15, -0.1) is 0 Å². The molecule has 6 nitrogen and oxygen atoms in total. The maximum Gasteiger partial charge on any atom is 0.373 e. The number of carbonyl (C=O) groups is 3. The fraction of sp³-hybridized carbons (Fsp3) is 0.118. The number of rotatable bonds is 2. The molecule has 0 fully saturated rings. The van der Waals surface area contributed by atoms with Crippen molar-refractivity contribution in [3.8, 4) is 5.75 Å². The van der Waals surface area contributed by atoms with Gasteiger partial charge in [0.1, 0.15) is 11.6 Å². The molecule has 1 unspecified atom stereocenters. The maximum absolute atomic E-state index is 13.2. The van der Waals surface area contributed by atoms with Gasteiger partial charge < -0.3 is 9.57 Å². The van der Waals surface area contributed by atoms with Crippen molar-refractivity contribution in [1.82, 2.24) is 5.06 Å². The lowest BCUT2D eigenvalue weighted by molar-refractivity contribution is -0.176. The fourth-order valence-corrected chi connectivity index (χ4v) is 2.75. The van der Waals surface area contributed by atoms with Crippen LogP contribution in [-0.2, 0) is 16.1 Å². The summed E-state index contributed by atoms with van der Waals surface area (Å²) in [7, 11) is 0. The molecule has 2 amide bonds. The van der Waals surface area contributed by atoms with Crippen molar-refractivity contribution >= 4 is 17.8 Å². The van der Waals surface area contributed by atoms with Crippen LogP contribution in [0.15, 0.2) is 42.5 Å². The van der Waals surface area contributed by atoms with Gasteiger partial charge in [0.05, 0.1) is 11.1 Å². The summed E-state index contributed by atoms with van der Waals surface area (Å²) in [5, 5.41) is 0.430. The lowest BCUT2D eigenvalue weighted by Crippen LogP contribution is -2.38. The first-order valence-corrected chi connectivity index (χ1v) is 7.19. The van der Waals surface area contributed by atoms with Crippen molar-refractivity contribution in [3.63, 3.8) is 0 Å². The van der Waals surface area contributed by atoms with Crippen LogP contribution in [0.5, 0.6) is 5.75 Å². The highest BCUT2D eigenvalue weighted by molar-refractivity contribution is 6.20. The number of fused-ring (bicyclic) bond motifs is 2. The van der Waals surface area contributed by atoms with Gasteiger partial charge in [-0.3, -0.25) is 9.59 Å². The van der Waals surface area contributed by atoms with E-state index in [1.807, 2.05) is 0 Å². The Labute approximate surface area is 135 Å². The van der Waals surface area contributed by atoms with Crippen LogP contribution in [0, 0.1) is 5.82 Å². The van der Waals surface area contributed by atoms with Crippen LogP contribution in [-0.4, -0.2) is 29.0 Å². The van der Waals surface area contributed by atoms with E-state index in [1.54, 1.807) is 12.1 Å². The van der Waals surface area contributed by atoms with Crippen LogP contribution < -0.4 is 4.74 Å². The molecule has 4 rings (SSSR count). The molecule has 2 aliphatic heterocycles. The number of carbonyl (C=O) groups excluding carboxylic acids is 3. The molecule has 0 N–H and O–H groups in total. The molecule has 0 saturated carbocycles. The number of amides is 2. The average molecular weight is 327 g/mol. The van der Waals surface area contributed by atoms with Gasteiger partial charge in [-0.05, 0) is 30.3 Å². The van der Waals surface area contributed by atoms with E-state index in [0.29, 0.717) is 16.4 Å². The number of hydroxylamine groups is 2. The van der Waals surface area contributed by atoms with Gasteiger partial charge in [0.15, 0.2) is 0 Å². The topological polar surface area (TPSA) is 72.9 Å². The summed E-state index contributed by atoms with van der Waals surface area (Å²) < 4.78 is 18.6. The van der Waals surface area contributed by atoms with E-state index < -0.39 is 29.7 Å². The molecule has 0 aromatic heterocycles. The molecule has 0 radical (unpaired) electrons. The summed E-state index contributed by atoms with van der Waals surface area (Å²) in [6, 6.07) is 10.1. The van der Waals surface area contributed by atoms with Gasteiger partial charge in [0, 0.05) is 12.0 Å². The number of imide groups is 1. The number of halogens is 1. The predicted octanol–water partition coefficient (Wildman–Crippen LogP) is 1.88. The minimum Gasteiger partial charge on any atom is -0.478 e. The highest BCUT2D eigenvalue weighted by Gasteiger charge is 2.41. The summed E-state index contributed by atoms with van der Waals surface area (Å²) in [6.07, 6.45) is -0.930. The predicted molar refractivity (Wildman–Crippen MR) is 77.6 cm³/mol. The molecule has 120 valence electrons. The molecule has 2 aliphatic rings. The molecule has 0 aliphatic carbocycles. The third-order valence-electron chi connectivity index (χ3n) is 3.90. The number of hydrogen-bond donors (Lipinski definition) is 0. The van der Waals surface area contributed by atoms with Crippen molar-refractivity contribution in [2.24, 2.45) is 0 Å². The Kier molecular flexibility index (Phi) is 3.09. The Morgan fingerprint density at radius 1 is 1.12 bits per heavy atom. The van der Waals surface area contributed by atoms with Gasteiger partial charge in [-0.2, -0.15) is 0 Å². The van der Waals surface area contributed by atoms with E-state index >= 15 is 0 Å². The Morgan fingerprint density at radius 2 is 1.79 bits per heavy atom. The number of hydrogen-bond acceptors (Lipinski definition) is 5. The largest absolute Gasteiger partial charge is 0.478 e. The summed E-state index contributed by atoms with van der Waals surface area (Å²) >= 11 is 0. The summed E-state index contributed by atoms with van der Waals surface area (Å²) in [5.41, 5.74) is 0.875. The second-order valence-electron chi connectivity index (χ2n) is 5.42. The van der Waals surface area contributed by atoms with E-state index in [9.17, 15) is 18.8 Å². The molecular weight excluding hydrogens is 317 g/mol. The van der Waals surface area contributed by atoms with Crippen LogP contribution in [0.25, 0.3) is 0 Å². The Balaban J connectivity index is 1.50. The van der Waals surface area contributed by atoms with E-state index in [4.69, 9.17) is 9.57 Å². The first-order valence-electron chi connectivity index (χ1n) is 7.19. The highest BCUT2D eigenvalue weighted by atomic mass is 19.1. The lowest BCUT2D eigenvalue weighted by Gasteiger charge is -2.15. The normalized spacial score (nSPS) is 18.2. The monoisotopic (exact) mass is 327 g/mol. The van der Waals surface area contributed by atoms with Crippen LogP contribution in [0.1, 0.15) is 26.3 Å². The van der Waals surface area contributed by atoms with Crippen LogP contribution in [0.2, 0.25) is 0 Å². The fourth-order valence-electron chi connectivity index (χ4n) is 2.75. The minimum absolute atomic E-state index is 0.106. The zero-order chi connectivity index (χ0) is 16.8. The summed E-state index contributed by atoms with van der Waals surface area (Å²) in [6.45, 7) is 0. The second-order valence-corrected chi connectivity index (χ2v) is 5.42. The van der Waals surface area contributed by atoms with Crippen molar-refractivity contribution in [2.75, 3.05) is 0 Å². The second kappa shape index (κ2) is 5.16. The third kappa shape index (κ3) is 2.13. The molecule has 2 aromatic rings. The Hall–Kier alpha value is -3.22. The summed E-state index contributed by atoms with van der Waals surface area (Å²) in [5.74, 6) is -2.36. The molecule has 0 spiro atoms. The summed E-state index contributed by atoms with van der Waals surface area (Å²) in [4.78, 5) is 41.5. The zero-order valence-corrected chi connectivity index (χ0v) is 12.2. The molecule has 7 heteroatoms. The maximum atomic E-state index is 13.2. The first kappa shape index (κ1) is 14.4. The number of benzene rings is 2. The molecule has 2 aromatic carbocycles. The molecule has 0 bridgehead atoms. The molecule has 0 saturated heterocycles. The molecule has 24 heavy (non-hydrogen) atoms. The molecule has 2 heterocycles. The van der Waals surface area contributed by atoms with E-state index in [0.717, 1.165) is 0 Å². The van der Waals surface area contributed by atoms with Gasteiger partial charge in [0.25, 0.3) is 11.8 Å². The van der Waals surface area contributed by atoms with E-state index in [-0.39, 0.29) is 17.5 Å². The quantitative estimate of drug-likeness (QED) is 0.788. The Morgan fingerprint density at radius 3 is 2.46 bits per heavy atom. The average Bonchev–Trinajstić information content (AvgIpc) is 3.10. The smallest absolute Gasteiger partial charge is 0.373 e. The number of nitrogens with zero attached hydrogens (tertiary/aromatic N) is 1. The molecular formula is C17H10FNO5. The van der Waals surface area contributed by atoms with Gasteiger partial charge >= 0.3 is 5.97 Å². The van der Waals surface area contributed by atoms with Gasteiger partial charge in [-0.25, -0.2) is 9.18 Å². The van der Waals surface area contributed by atoms with Crippen LogP contribution in [0.4, 0.5) is 4.39 Å². The third-order valence-corrected chi connectivity index (χ3v) is 3.90. The van der Waals surface area contributed by atoms with Gasteiger partial charge in [-0.1, -0.05) is 17.2 Å². The van der Waals surface area contributed by atoms with Crippen LogP contribution in [0.3, 0.4) is 0 Å². The Bertz CT molecular complexity index is 859. The van der Waals surface area contributed by atoms with Crippen molar-refractivity contribution in [3.05, 3.63) is 65.0 Å². The highest BCUT2D eigenvalue weighted by Crippen LogP contribution is 2.30.